The first-order valence-corrected chi connectivity index (χ1v) is 4.40. The van der Waals surface area contributed by atoms with E-state index in [0.29, 0.717) is 19.0 Å². The highest BCUT2D eigenvalue weighted by Gasteiger charge is 1.93. The minimum Gasteiger partial charge on any atom is -0.468 e. The molecule has 0 bridgehead atoms. The number of carbonyl (C=O) groups is 1. The predicted molar refractivity (Wildman–Crippen MR) is 46.9 cm³/mol. The molecule has 0 aliphatic heterocycles. The molecule has 3 heteroatoms. The maximum Gasteiger partial charge on any atom is 0.293 e. The molecule has 12 heavy (non-hydrogen) atoms. The Hall–Kier alpha value is -0.570. The van der Waals surface area contributed by atoms with Crippen LogP contribution in [-0.4, -0.2) is 26.3 Å². The Morgan fingerprint density at radius 2 is 1.92 bits per heavy atom. The molecule has 72 valence electrons. The first-order chi connectivity index (χ1) is 5.77. The van der Waals surface area contributed by atoms with Crippen molar-refractivity contribution in [3.05, 3.63) is 0 Å². The molecule has 0 saturated carbocycles. The van der Waals surface area contributed by atoms with Crippen LogP contribution >= 0.6 is 0 Å². The lowest BCUT2D eigenvalue weighted by molar-refractivity contribution is -0.128. The van der Waals surface area contributed by atoms with Crippen LogP contribution in [0.25, 0.3) is 0 Å². The lowest BCUT2D eigenvalue weighted by Gasteiger charge is -2.05. The van der Waals surface area contributed by atoms with Crippen LogP contribution in [-0.2, 0) is 14.3 Å². The third kappa shape index (κ3) is 9.43. The normalized spacial score (nSPS) is 10.2. The van der Waals surface area contributed by atoms with E-state index >= 15 is 0 Å². The summed E-state index contributed by atoms with van der Waals surface area (Å²) in [6.07, 6.45) is 1.84. The zero-order valence-corrected chi connectivity index (χ0v) is 7.91. The second kappa shape index (κ2) is 8.53. The molecule has 0 saturated heterocycles. The van der Waals surface area contributed by atoms with Gasteiger partial charge in [-0.2, -0.15) is 0 Å². The molecule has 0 N–H and O–H groups in total. The largest absolute Gasteiger partial charge is 0.468 e. The molecule has 0 spiro atoms. The molecule has 0 heterocycles. The molecule has 0 rings (SSSR count). The number of hydrogen-bond donors (Lipinski definition) is 0. The minimum atomic E-state index is 0.481. The Morgan fingerprint density at radius 3 is 2.50 bits per heavy atom. The molecular weight excluding hydrogens is 156 g/mol. The Balaban J connectivity index is 2.86. The van der Waals surface area contributed by atoms with Crippen molar-refractivity contribution in [2.45, 2.75) is 26.7 Å². The van der Waals surface area contributed by atoms with Gasteiger partial charge in [0.2, 0.25) is 0 Å². The van der Waals surface area contributed by atoms with Gasteiger partial charge in [-0.1, -0.05) is 13.8 Å². The summed E-state index contributed by atoms with van der Waals surface area (Å²) in [5, 5.41) is 0. The standard InChI is InChI=1S/C9H18O3/c1-9(2)7-11-5-3-4-6-12-8-10/h8-9H,3-7H2,1-2H3. The van der Waals surface area contributed by atoms with E-state index in [0.717, 1.165) is 26.1 Å². The smallest absolute Gasteiger partial charge is 0.293 e. The maximum absolute atomic E-state index is 9.73. The van der Waals surface area contributed by atoms with Gasteiger partial charge in [-0.15, -0.1) is 0 Å². The summed E-state index contributed by atoms with van der Waals surface area (Å²) >= 11 is 0. The van der Waals surface area contributed by atoms with Crippen LogP contribution in [0.3, 0.4) is 0 Å². The zero-order chi connectivity index (χ0) is 9.23. The van der Waals surface area contributed by atoms with Gasteiger partial charge >= 0.3 is 0 Å². The molecule has 0 aromatic rings. The van der Waals surface area contributed by atoms with Gasteiger partial charge in [0.1, 0.15) is 0 Å². The van der Waals surface area contributed by atoms with E-state index in [2.05, 4.69) is 18.6 Å². The number of ether oxygens (including phenoxy) is 2. The van der Waals surface area contributed by atoms with Crippen molar-refractivity contribution in [2.24, 2.45) is 5.92 Å². The number of unbranched alkanes of at least 4 members (excludes halogenated alkanes) is 1. The van der Waals surface area contributed by atoms with Crippen LogP contribution in [0.1, 0.15) is 26.7 Å². The fourth-order valence-electron chi connectivity index (χ4n) is 0.757. The van der Waals surface area contributed by atoms with Gasteiger partial charge in [0.15, 0.2) is 0 Å². The van der Waals surface area contributed by atoms with Crippen LogP contribution in [0.2, 0.25) is 0 Å². The summed E-state index contributed by atoms with van der Waals surface area (Å²) in [6.45, 7) is 6.81. The molecular formula is C9H18O3. The molecule has 0 aliphatic rings. The summed E-state index contributed by atoms with van der Waals surface area (Å²) in [4.78, 5) is 9.73. The highest BCUT2D eigenvalue weighted by molar-refractivity contribution is 5.36. The Kier molecular flexibility index (Phi) is 8.12. The summed E-state index contributed by atoms with van der Waals surface area (Å²) < 4.78 is 9.86. The van der Waals surface area contributed by atoms with E-state index < -0.39 is 0 Å². The van der Waals surface area contributed by atoms with Crippen LogP contribution in [0.4, 0.5) is 0 Å². The lowest BCUT2D eigenvalue weighted by Crippen LogP contribution is -2.04. The van der Waals surface area contributed by atoms with Gasteiger partial charge in [-0.25, -0.2) is 0 Å². The van der Waals surface area contributed by atoms with Crippen molar-refractivity contribution in [1.29, 1.82) is 0 Å². The minimum absolute atomic E-state index is 0.481. The average Bonchev–Trinajstić information content (AvgIpc) is 2.02. The van der Waals surface area contributed by atoms with Gasteiger partial charge in [0, 0.05) is 13.2 Å². The molecule has 0 amide bonds. The molecule has 0 atom stereocenters. The Bertz CT molecular complexity index is 102. The van der Waals surface area contributed by atoms with Crippen molar-refractivity contribution in [3.63, 3.8) is 0 Å². The molecule has 0 aromatic carbocycles. The second-order valence-corrected chi connectivity index (χ2v) is 3.14. The SMILES string of the molecule is CC(C)COCCCCOC=O. The van der Waals surface area contributed by atoms with Gasteiger partial charge in [0.25, 0.3) is 6.47 Å². The van der Waals surface area contributed by atoms with E-state index in [-0.39, 0.29) is 0 Å². The van der Waals surface area contributed by atoms with Gasteiger partial charge in [-0.05, 0) is 18.8 Å². The molecule has 0 unspecified atom stereocenters. The van der Waals surface area contributed by atoms with Crippen LogP contribution < -0.4 is 0 Å². The van der Waals surface area contributed by atoms with Crippen molar-refractivity contribution < 1.29 is 14.3 Å². The predicted octanol–water partition coefficient (Wildman–Crippen LogP) is 1.61. The summed E-state index contributed by atoms with van der Waals surface area (Å²) in [5.74, 6) is 0.594. The third-order valence-corrected chi connectivity index (χ3v) is 1.32. The van der Waals surface area contributed by atoms with E-state index in [1.54, 1.807) is 0 Å². The second-order valence-electron chi connectivity index (χ2n) is 3.14. The highest BCUT2D eigenvalue weighted by atomic mass is 16.5. The highest BCUT2D eigenvalue weighted by Crippen LogP contribution is 1.95. The summed E-state index contributed by atoms with van der Waals surface area (Å²) in [7, 11) is 0. The topological polar surface area (TPSA) is 35.5 Å². The van der Waals surface area contributed by atoms with Crippen molar-refractivity contribution in [3.8, 4) is 0 Å². The van der Waals surface area contributed by atoms with Crippen LogP contribution in [0, 0.1) is 5.92 Å². The fourth-order valence-corrected chi connectivity index (χ4v) is 0.757. The quantitative estimate of drug-likeness (QED) is 0.414. The van der Waals surface area contributed by atoms with Crippen molar-refractivity contribution >= 4 is 6.47 Å². The molecule has 3 nitrogen and oxygen atoms in total. The molecule has 0 fully saturated rings. The van der Waals surface area contributed by atoms with Crippen molar-refractivity contribution in [2.75, 3.05) is 19.8 Å². The van der Waals surface area contributed by atoms with Crippen LogP contribution in [0.15, 0.2) is 0 Å². The fraction of sp³-hybridized carbons (Fsp3) is 0.889. The Labute approximate surface area is 74.0 Å². The molecule has 0 aliphatic carbocycles. The van der Waals surface area contributed by atoms with E-state index in [1.165, 1.54) is 0 Å². The van der Waals surface area contributed by atoms with E-state index in [9.17, 15) is 4.79 Å². The average molecular weight is 174 g/mol. The Morgan fingerprint density at radius 1 is 1.25 bits per heavy atom. The number of rotatable bonds is 8. The number of carbonyl (C=O) groups excluding carboxylic acids is 1. The molecule has 0 radical (unpaired) electrons. The van der Waals surface area contributed by atoms with E-state index in [4.69, 9.17) is 4.74 Å². The maximum atomic E-state index is 9.73. The van der Waals surface area contributed by atoms with Crippen molar-refractivity contribution in [1.82, 2.24) is 0 Å². The molecule has 0 aromatic heterocycles. The zero-order valence-electron chi connectivity index (χ0n) is 7.91. The summed E-state index contributed by atoms with van der Waals surface area (Å²) in [5.41, 5.74) is 0. The van der Waals surface area contributed by atoms with Gasteiger partial charge < -0.3 is 9.47 Å². The van der Waals surface area contributed by atoms with Gasteiger partial charge in [0.05, 0.1) is 6.61 Å². The van der Waals surface area contributed by atoms with Crippen LogP contribution in [0.5, 0.6) is 0 Å². The lowest BCUT2D eigenvalue weighted by atomic mass is 10.2. The monoisotopic (exact) mass is 174 g/mol. The number of hydrogen-bond acceptors (Lipinski definition) is 3. The van der Waals surface area contributed by atoms with Gasteiger partial charge in [-0.3, -0.25) is 4.79 Å². The third-order valence-electron chi connectivity index (χ3n) is 1.32. The van der Waals surface area contributed by atoms with E-state index in [1.807, 2.05) is 0 Å². The first kappa shape index (κ1) is 11.4. The summed E-state index contributed by atoms with van der Waals surface area (Å²) in [6, 6.07) is 0. The first-order valence-electron chi connectivity index (χ1n) is 4.40.